The number of benzene rings is 2. The minimum absolute atomic E-state index is 0.0400. The van der Waals surface area contributed by atoms with Gasteiger partial charge in [0.1, 0.15) is 28.1 Å². The van der Waals surface area contributed by atoms with Crippen LogP contribution in [0.3, 0.4) is 0 Å². The van der Waals surface area contributed by atoms with Crippen LogP contribution in [0.15, 0.2) is 53.4 Å². The molecule has 0 aromatic heterocycles. The first-order valence-electron chi connectivity index (χ1n) is 10.5. The minimum Gasteiger partial charge on any atom is -0.484 e. The molecule has 2 aromatic rings. The first-order valence-corrected chi connectivity index (χ1v) is 12.0. The number of amides is 1. The standard InChI is InChI=1S/C23H25FN2O5S/c1-15(2)21(25-32(29,30)20-10-6-4-8-17(20)24)22(28)26-12-11-23(14-26)13-18(27)16-7-3-5-9-19(16)31-23/h3-10,15,21,25H,11-14H2,1-2H3. The molecule has 2 aliphatic heterocycles. The molecule has 0 saturated carbocycles. The van der Waals surface area contributed by atoms with Gasteiger partial charge in [0.25, 0.3) is 0 Å². The van der Waals surface area contributed by atoms with Crippen LogP contribution >= 0.6 is 0 Å². The third kappa shape index (κ3) is 4.14. The maximum atomic E-state index is 14.1. The lowest BCUT2D eigenvalue weighted by Gasteiger charge is -2.35. The topological polar surface area (TPSA) is 92.8 Å². The van der Waals surface area contributed by atoms with Crippen molar-refractivity contribution >= 4 is 21.7 Å². The van der Waals surface area contributed by atoms with Gasteiger partial charge >= 0.3 is 0 Å². The van der Waals surface area contributed by atoms with Crippen LogP contribution in [0.25, 0.3) is 0 Å². The Morgan fingerprint density at radius 2 is 1.84 bits per heavy atom. The fraction of sp³-hybridized carbons (Fsp3) is 0.391. The number of halogens is 1. The van der Waals surface area contributed by atoms with Crippen molar-refractivity contribution in [1.29, 1.82) is 0 Å². The van der Waals surface area contributed by atoms with E-state index >= 15 is 0 Å². The Morgan fingerprint density at radius 1 is 1.16 bits per heavy atom. The van der Waals surface area contributed by atoms with Gasteiger partial charge in [-0.05, 0) is 30.2 Å². The molecule has 2 heterocycles. The van der Waals surface area contributed by atoms with Crippen molar-refractivity contribution in [3.05, 3.63) is 59.9 Å². The Bertz CT molecular complexity index is 1170. The first kappa shape index (κ1) is 22.4. The van der Waals surface area contributed by atoms with Crippen molar-refractivity contribution in [2.45, 2.75) is 43.2 Å². The minimum atomic E-state index is -4.25. The predicted molar refractivity (Wildman–Crippen MR) is 115 cm³/mol. The molecule has 0 bridgehead atoms. The molecule has 1 fully saturated rings. The quantitative estimate of drug-likeness (QED) is 0.741. The molecular weight excluding hydrogens is 435 g/mol. The largest absolute Gasteiger partial charge is 0.484 e. The molecule has 9 heteroatoms. The van der Waals surface area contributed by atoms with Crippen LogP contribution in [-0.2, 0) is 14.8 Å². The number of hydrogen-bond acceptors (Lipinski definition) is 5. The number of para-hydroxylation sites is 1. The molecule has 0 aliphatic carbocycles. The molecule has 1 amide bonds. The Hall–Kier alpha value is -2.78. The van der Waals surface area contributed by atoms with Gasteiger partial charge in [0.05, 0.1) is 18.5 Å². The summed E-state index contributed by atoms with van der Waals surface area (Å²) in [4.78, 5) is 26.9. The molecule has 2 unspecified atom stereocenters. The summed E-state index contributed by atoms with van der Waals surface area (Å²) >= 11 is 0. The number of carbonyl (C=O) groups excluding carboxylic acids is 2. The number of likely N-dealkylation sites (tertiary alicyclic amines) is 1. The van der Waals surface area contributed by atoms with Gasteiger partial charge < -0.3 is 9.64 Å². The molecule has 4 rings (SSSR count). The maximum Gasteiger partial charge on any atom is 0.244 e. The lowest BCUT2D eigenvalue weighted by Crippen LogP contribution is -2.52. The number of rotatable bonds is 5. The highest BCUT2D eigenvalue weighted by molar-refractivity contribution is 7.89. The van der Waals surface area contributed by atoms with Gasteiger partial charge in [0.2, 0.25) is 15.9 Å². The fourth-order valence-electron chi connectivity index (χ4n) is 4.27. The Labute approximate surface area is 186 Å². The summed E-state index contributed by atoms with van der Waals surface area (Å²) in [5.74, 6) is -1.23. The summed E-state index contributed by atoms with van der Waals surface area (Å²) in [5, 5.41) is 0. The molecule has 7 nitrogen and oxygen atoms in total. The highest BCUT2D eigenvalue weighted by Crippen LogP contribution is 2.39. The van der Waals surface area contributed by atoms with E-state index in [2.05, 4.69) is 4.72 Å². The number of nitrogens with one attached hydrogen (secondary N) is 1. The van der Waals surface area contributed by atoms with Gasteiger partial charge in [-0.3, -0.25) is 9.59 Å². The summed E-state index contributed by atoms with van der Waals surface area (Å²) in [5.41, 5.74) is -0.298. The van der Waals surface area contributed by atoms with E-state index in [0.717, 1.165) is 12.1 Å². The Balaban J connectivity index is 1.53. The van der Waals surface area contributed by atoms with Crippen LogP contribution in [0.5, 0.6) is 5.75 Å². The zero-order chi connectivity index (χ0) is 23.1. The van der Waals surface area contributed by atoms with Gasteiger partial charge in [-0.25, -0.2) is 12.8 Å². The lowest BCUT2D eigenvalue weighted by atomic mass is 9.89. The summed E-state index contributed by atoms with van der Waals surface area (Å²) in [6.45, 7) is 3.94. The number of fused-ring (bicyclic) bond motifs is 1. The van der Waals surface area contributed by atoms with E-state index in [1.165, 1.54) is 17.0 Å². The number of Topliss-reactive ketones (excluding diaryl/α,β-unsaturated/α-hetero) is 1. The third-order valence-electron chi connectivity index (χ3n) is 5.97. The average molecular weight is 461 g/mol. The van der Waals surface area contributed by atoms with Gasteiger partial charge in [-0.15, -0.1) is 0 Å². The highest BCUT2D eigenvalue weighted by atomic mass is 32.2. The lowest BCUT2D eigenvalue weighted by molar-refractivity contribution is -0.133. The van der Waals surface area contributed by atoms with Gasteiger partial charge in [0.15, 0.2) is 5.78 Å². The summed E-state index contributed by atoms with van der Waals surface area (Å²) < 4.78 is 48.1. The SMILES string of the molecule is CC(C)C(NS(=O)(=O)c1ccccc1F)C(=O)N1CCC2(CC(=O)c3ccccc3O2)C1. The number of hydrogen-bond donors (Lipinski definition) is 1. The second kappa shape index (κ2) is 8.29. The Kier molecular flexibility index (Phi) is 5.81. The van der Waals surface area contributed by atoms with E-state index in [4.69, 9.17) is 4.74 Å². The van der Waals surface area contributed by atoms with Crippen LogP contribution < -0.4 is 9.46 Å². The summed E-state index contributed by atoms with van der Waals surface area (Å²) in [7, 11) is -4.25. The van der Waals surface area contributed by atoms with Crippen LogP contribution in [0.2, 0.25) is 0 Å². The fourth-order valence-corrected chi connectivity index (χ4v) is 5.68. The normalized spacial score (nSPS) is 21.5. The van der Waals surface area contributed by atoms with Crippen LogP contribution in [0.4, 0.5) is 4.39 Å². The third-order valence-corrected chi connectivity index (χ3v) is 7.44. The molecule has 2 atom stereocenters. The highest BCUT2D eigenvalue weighted by Gasteiger charge is 2.48. The summed E-state index contributed by atoms with van der Waals surface area (Å²) in [6, 6.07) is 11.0. The number of sulfonamides is 1. The number of ketones is 1. The molecule has 170 valence electrons. The Morgan fingerprint density at radius 3 is 2.56 bits per heavy atom. The molecule has 1 N–H and O–H groups in total. The molecule has 32 heavy (non-hydrogen) atoms. The van der Waals surface area contributed by atoms with Crippen molar-refractivity contribution in [3.8, 4) is 5.75 Å². The molecule has 2 aliphatic rings. The van der Waals surface area contributed by atoms with Gasteiger partial charge in [-0.1, -0.05) is 38.1 Å². The molecular formula is C23H25FN2O5S. The average Bonchev–Trinajstić information content (AvgIpc) is 3.14. The van der Waals surface area contributed by atoms with E-state index in [0.29, 0.717) is 24.3 Å². The number of nitrogens with zero attached hydrogens (tertiary/aromatic N) is 1. The monoisotopic (exact) mass is 460 g/mol. The second-order valence-electron chi connectivity index (χ2n) is 8.66. The van der Waals surface area contributed by atoms with E-state index in [1.807, 2.05) is 0 Å². The molecule has 2 aromatic carbocycles. The van der Waals surface area contributed by atoms with Crippen molar-refractivity contribution in [1.82, 2.24) is 9.62 Å². The molecule has 0 radical (unpaired) electrons. The maximum absolute atomic E-state index is 14.1. The van der Waals surface area contributed by atoms with Gasteiger partial charge in [-0.2, -0.15) is 4.72 Å². The summed E-state index contributed by atoms with van der Waals surface area (Å²) in [6.07, 6.45) is 0.616. The zero-order valence-electron chi connectivity index (χ0n) is 17.9. The van der Waals surface area contributed by atoms with Crippen molar-refractivity contribution in [3.63, 3.8) is 0 Å². The van der Waals surface area contributed by atoms with Crippen molar-refractivity contribution < 1.29 is 27.1 Å². The van der Waals surface area contributed by atoms with Crippen LogP contribution in [0.1, 0.15) is 37.0 Å². The van der Waals surface area contributed by atoms with Crippen LogP contribution in [0, 0.1) is 11.7 Å². The van der Waals surface area contributed by atoms with Crippen molar-refractivity contribution in [2.75, 3.05) is 13.1 Å². The molecule has 1 saturated heterocycles. The number of ether oxygens (including phenoxy) is 1. The number of carbonyl (C=O) groups is 2. The van der Waals surface area contributed by atoms with Crippen LogP contribution in [-0.4, -0.2) is 49.7 Å². The first-order chi connectivity index (χ1) is 15.1. The van der Waals surface area contributed by atoms with Crippen molar-refractivity contribution in [2.24, 2.45) is 5.92 Å². The van der Waals surface area contributed by atoms with E-state index in [-0.39, 0.29) is 24.7 Å². The van der Waals surface area contributed by atoms with Gasteiger partial charge in [0, 0.05) is 13.0 Å². The second-order valence-corrected chi connectivity index (χ2v) is 10.3. The van der Waals surface area contributed by atoms with E-state index < -0.39 is 38.3 Å². The molecule has 1 spiro atoms. The van der Waals surface area contributed by atoms with E-state index in [9.17, 15) is 22.4 Å². The smallest absolute Gasteiger partial charge is 0.244 e. The zero-order valence-corrected chi connectivity index (χ0v) is 18.7. The predicted octanol–water partition coefficient (Wildman–Crippen LogP) is 2.77. The van der Waals surface area contributed by atoms with E-state index in [1.54, 1.807) is 38.1 Å².